The standard InChI is InChI=1S/C37H55ClN4O6/c1-41(19-24-7-3-5-9-28(24)38)33(45)30(12-25-18-39-29-10-6-4-8-27(25)29)40-32(44)31-13-26(43)20-42(31)34(46)36-14-22-11-23(15-36)17-37(16-22,21-36)35(47)48-2/h18,22-24,26-31,39,43H,3-17,19-21H2,1-2H3,(H,40,44). The molecule has 9 atom stereocenters. The average Bonchev–Trinajstić information content (AvgIpc) is 3.67. The number of β-amino-alcohol motifs (C(OH)–C–C–N with tert-alkyl or cyclic N) is 1. The van der Waals surface area contributed by atoms with Gasteiger partial charge in [-0.05, 0) is 100 Å². The lowest BCUT2D eigenvalue weighted by Crippen LogP contribution is -2.62. The number of hydrogen-bond donors (Lipinski definition) is 3. The highest BCUT2D eigenvalue weighted by molar-refractivity contribution is 6.20. The minimum Gasteiger partial charge on any atom is -0.469 e. The fraction of sp³-hybridized carbons (Fsp3) is 0.838. The molecule has 3 N–H and O–H groups in total. The largest absolute Gasteiger partial charge is 0.469 e. The molecule has 3 amide bonds. The summed E-state index contributed by atoms with van der Waals surface area (Å²) in [4.78, 5) is 59.5. The second-order valence-electron chi connectivity index (χ2n) is 16.8. The lowest BCUT2D eigenvalue weighted by Gasteiger charge is -2.60. The monoisotopic (exact) mass is 686 g/mol. The number of carbonyl (C=O) groups excluding carboxylic acids is 4. The highest BCUT2D eigenvalue weighted by atomic mass is 35.5. The summed E-state index contributed by atoms with van der Waals surface area (Å²) < 4.78 is 5.27. The minimum atomic E-state index is -0.876. The van der Waals surface area contributed by atoms with Crippen LogP contribution >= 0.6 is 11.6 Å². The van der Waals surface area contributed by atoms with Gasteiger partial charge in [0, 0.05) is 43.9 Å². The van der Waals surface area contributed by atoms with E-state index in [0.29, 0.717) is 44.2 Å². The third-order valence-electron chi connectivity index (χ3n) is 13.5. The maximum atomic E-state index is 14.6. The zero-order valence-electron chi connectivity index (χ0n) is 28.8. The molecule has 6 aliphatic carbocycles. The zero-order chi connectivity index (χ0) is 33.8. The van der Waals surface area contributed by atoms with Gasteiger partial charge in [0.1, 0.15) is 12.1 Å². The zero-order valence-corrected chi connectivity index (χ0v) is 29.5. The van der Waals surface area contributed by atoms with Crippen LogP contribution in [0.4, 0.5) is 0 Å². The first-order valence-electron chi connectivity index (χ1n) is 18.7. The number of halogens is 1. The van der Waals surface area contributed by atoms with Crippen LogP contribution in [0.15, 0.2) is 11.8 Å². The summed E-state index contributed by atoms with van der Waals surface area (Å²) in [6.45, 7) is 0.623. The van der Waals surface area contributed by atoms with E-state index in [9.17, 15) is 24.3 Å². The van der Waals surface area contributed by atoms with Crippen molar-refractivity contribution in [1.82, 2.24) is 20.4 Å². The van der Waals surface area contributed by atoms with Gasteiger partial charge in [-0.1, -0.05) is 25.7 Å². The normalized spacial score (nSPS) is 40.4. The number of aliphatic hydroxyl groups excluding tert-OH is 1. The van der Waals surface area contributed by atoms with E-state index < -0.39 is 34.9 Å². The number of hydrogen-bond acceptors (Lipinski definition) is 7. The van der Waals surface area contributed by atoms with E-state index in [2.05, 4.69) is 16.8 Å². The van der Waals surface area contributed by atoms with Gasteiger partial charge in [-0.25, -0.2) is 0 Å². The van der Waals surface area contributed by atoms with E-state index in [1.165, 1.54) is 19.1 Å². The molecule has 48 heavy (non-hydrogen) atoms. The van der Waals surface area contributed by atoms with Gasteiger partial charge < -0.3 is 30.3 Å². The van der Waals surface area contributed by atoms with E-state index in [0.717, 1.165) is 64.2 Å². The maximum absolute atomic E-state index is 14.6. The molecule has 0 aromatic carbocycles. The van der Waals surface area contributed by atoms with Gasteiger partial charge in [0.25, 0.3) is 0 Å². The molecule has 8 aliphatic rings. The topological polar surface area (TPSA) is 128 Å². The molecule has 266 valence electrons. The summed E-state index contributed by atoms with van der Waals surface area (Å²) in [5.74, 6) is 0.244. The molecule has 6 saturated carbocycles. The minimum absolute atomic E-state index is 0.0363. The smallest absolute Gasteiger partial charge is 0.311 e. The lowest BCUT2D eigenvalue weighted by atomic mass is 9.44. The van der Waals surface area contributed by atoms with Crippen LogP contribution in [-0.2, 0) is 23.9 Å². The molecule has 2 aliphatic heterocycles. The van der Waals surface area contributed by atoms with Crippen LogP contribution in [0.5, 0.6) is 0 Å². The molecular formula is C37H55ClN4O6. The molecule has 1 saturated heterocycles. The molecule has 0 aromatic heterocycles. The quantitative estimate of drug-likeness (QED) is 0.248. The second-order valence-corrected chi connectivity index (χ2v) is 17.4. The van der Waals surface area contributed by atoms with Gasteiger partial charge in [0.2, 0.25) is 17.7 Å². The summed E-state index contributed by atoms with van der Waals surface area (Å²) in [7, 11) is 3.24. The number of likely N-dealkylation sites (tertiary alicyclic amines) is 1. The van der Waals surface area contributed by atoms with Gasteiger partial charge in [0.05, 0.1) is 24.0 Å². The third kappa shape index (κ3) is 6.26. The van der Waals surface area contributed by atoms with Crippen LogP contribution < -0.4 is 10.6 Å². The summed E-state index contributed by atoms with van der Waals surface area (Å²) in [5.41, 5.74) is -0.210. The van der Waals surface area contributed by atoms with Crippen molar-refractivity contribution in [2.24, 2.45) is 34.5 Å². The molecule has 8 rings (SSSR count). The maximum Gasteiger partial charge on any atom is 0.311 e. The number of aliphatic hydroxyl groups is 1. The van der Waals surface area contributed by atoms with E-state index in [4.69, 9.17) is 16.3 Å². The van der Waals surface area contributed by atoms with Crippen molar-refractivity contribution in [3.05, 3.63) is 11.8 Å². The number of nitrogens with zero attached hydrogens (tertiary/aromatic N) is 2. The number of carbonyl (C=O) groups is 4. The Bertz CT molecular complexity index is 1310. The first-order chi connectivity index (χ1) is 23.0. The van der Waals surface area contributed by atoms with E-state index in [1.54, 1.807) is 9.80 Å². The SMILES string of the molecule is COC(=O)C12CC3CC(C1)CC(C(=O)N1CC(O)CC1C(=O)NC(CC1=CNC4CCCCC14)C(=O)N(C)CC1CCCCC1Cl)(C3)C2. The van der Waals surface area contributed by atoms with Gasteiger partial charge in [0.15, 0.2) is 0 Å². The molecule has 4 bridgehead atoms. The van der Waals surface area contributed by atoms with Crippen molar-refractivity contribution in [3.8, 4) is 0 Å². The molecule has 10 nitrogen and oxygen atoms in total. The number of nitrogens with one attached hydrogen (secondary N) is 2. The lowest BCUT2D eigenvalue weighted by molar-refractivity contribution is -0.186. The molecule has 11 heteroatoms. The first kappa shape index (κ1) is 34.1. The molecule has 0 radical (unpaired) electrons. The van der Waals surface area contributed by atoms with E-state index in [1.807, 2.05) is 7.05 Å². The second kappa shape index (κ2) is 13.4. The van der Waals surface area contributed by atoms with Crippen LogP contribution in [0.1, 0.15) is 103 Å². The highest BCUT2D eigenvalue weighted by Gasteiger charge is 2.65. The fourth-order valence-corrected chi connectivity index (χ4v) is 12.0. The van der Waals surface area contributed by atoms with Gasteiger partial charge in [-0.3, -0.25) is 19.2 Å². The van der Waals surface area contributed by atoms with E-state index in [-0.39, 0.29) is 53.9 Å². The number of alkyl halides is 1. The molecule has 2 heterocycles. The van der Waals surface area contributed by atoms with Crippen LogP contribution in [0.25, 0.3) is 0 Å². The van der Waals surface area contributed by atoms with Gasteiger partial charge in [-0.2, -0.15) is 0 Å². The number of likely N-dealkylation sites (N-methyl/N-ethyl adjacent to an activating group) is 1. The number of rotatable bonds is 9. The van der Waals surface area contributed by atoms with Crippen molar-refractivity contribution in [2.75, 3.05) is 27.2 Å². The van der Waals surface area contributed by atoms with Crippen LogP contribution in [0.2, 0.25) is 0 Å². The van der Waals surface area contributed by atoms with Gasteiger partial charge >= 0.3 is 5.97 Å². The molecular weight excluding hydrogens is 632 g/mol. The summed E-state index contributed by atoms with van der Waals surface area (Å²) >= 11 is 6.69. The third-order valence-corrected chi connectivity index (χ3v) is 14.0. The summed E-state index contributed by atoms with van der Waals surface area (Å²) in [6.07, 6.45) is 14.8. The number of fused-ring (bicyclic) bond motifs is 1. The Kier molecular flexibility index (Phi) is 9.54. The fourth-order valence-electron chi connectivity index (χ4n) is 11.6. The van der Waals surface area contributed by atoms with E-state index >= 15 is 0 Å². The van der Waals surface area contributed by atoms with Crippen LogP contribution in [0, 0.1) is 34.5 Å². The number of esters is 1. The Morgan fingerprint density at radius 3 is 2.46 bits per heavy atom. The van der Waals surface area contributed by atoms with Gasteiger partial charge in [-0.15, -0.1) is 11.6 Å². The highest BCUT2D eigenvalue weighted by Crippen LogP contribution is 2.66. The number of ether oxygens (including phenoxy) is 1. The molecule has 0 aromatic rings. The first-order valence-corrected chi connectivity index (χ1v) is 19.2. The number of amides is 3. The Hall–Kier alpha value is -2.33. The Morgan fingerprint density at radius 1 is 1.04 bits per heavy atom. The summed E-state index contributed by atoms with van der Waals surface area (Å²) in [5, 5.41) is 17.6. The Balaban J connectivity index is 1.10. The van der Waals surface area contributed by atoms with Crippen molar-refractivity contribution in [3.63, 3.8) is 0 Å². The Labute approximate surface area is 290 Å². The summed E-state index contributed by atoms with van der Waals surface area (Å²) in [6, 6.07) is -1.28. The number of methoxy groups -OCH3 is 1. The average molecular weight is 687 g/mol. The molecule has 0 spiro atoms. The Morgan fingerprint density at radius 2 is 1.73 bits per heavy atom. The van der Waals surface area contributed by atoms with Crippen molar-refractivity contribution >= 4 is 35.3 Å². The van der Waals surface area contributed by atoms with Crippen molar-refractivity contribution < 1.29 is 29.0 Å². The van der Waals surface area contributed by atoms with Crippen LogP contribution in [-0.4, -0.2) is 95.5 Å². The predicted molar refractivity (Wildman–Crippen MR) is 180 cm³/mol. The van der Waals surface area contributed by atoms with Crippen molar-refractivity contribution in [1.29, 1.82) is 0 Å². The predicted octanol–water partition coefficient (Wildman–Crippen LogP) is 3.88. The van der Waals surface area contributed by atoms with Crippen LogP contribution in [0.3, 0.4) is 0 Å². The molecule has 9 unspecified atom stereocenters. The van der Waals surface area contributed by atoms with Crippen molar-refractivity contribution in [2.45, 2.75) is 132 Å². The molecule has 7 fully saturated rings.